The van der Waals surface area contributed by atoms with E-state index < -0.39 is 37.2 Å². The van der Waals surface area contributed by atoms with Crippen molar-refractivity contribution in [2.24, 2.45) is 0 Å². The molecule has 33 heavy (non-hydrogen) atoms. The van der Waals surface area contributed by atoms with Crippen molar-refractivity contribution in [2.45, 2.75) is 12.1 Å². The van der Waals surface area contributed by atoms with Crippen molar-refractivity contribution in [2.75, 3.05) is 26.2 Å². The van der Waals surface area contributed by atoms with E-state index in [0.29, 0.717) is 0 Å². The van der Waals surface area contributed by atoms with Crippen LogP contribution in [0.4, 0.5) is 18.0 Å². The molecular formula is C23H19F3N2O5. The summed E-state index contributed by atoms with van der Waals surface area (Å²) in [5.41, 5.74) is 4.19. The predicted octanol–water partition coefficient (Wildman–Crippen LogP) is 3.00. The Hall–Kier alpha value is -4.00. The third-order valence-electron chi connectivity index (χ3n) is 4.84. The molecule has 0 atom stereocenters. The molecule has 3 rings (SSSR count). The molecule has 2 amide bonds. The normalized spacial score (nSPS) is 12.1. The van der Waals surface area contributed by atoms with E-state index >= 15 is 0 Å². The number of rotatable bonds is 6. The lowest BCUT2D eigenvalue weighted by Gasteiger charge is -2.19. The predicted molar refractivity (Wildman–Crippen MR) is 111 cm³/mol. The van der Waals surface area contributed by atoms with Crippen LogP contribution < -0.4 is 5.32 Å². The topological polar surface area (TPSA) is 95.9 Å². The number of amides is 2. The number of ether oxygens (including phenoxy) is 1. The van der Waals surface area contributed by atoms with E-state index in [1.54, 1.807) is 0 Å². The van der Waals surface area contributed by atoms with Gasteiger partial charge in [-0.2, -0.15) is 13.2 Å². The molecule has 0 saturated carbocycles. The number of nitrogens with one attached hydrogen (secondary N) is 1. The quantitative estimate of drug-likeness (QED) is 0.647. The molecule has 0 aromatic heterocycles. The van der Waals surface area contributed by atoms with Gasteiger partial charge in [0.15, 0.2) is 0 Å². The monoisotopic (exact) mass is 460 g/mol. The second-order valence-electron chi connectivity index (χ2n) is 7.15. The number of benzene rings is 2. The molecule has 0 saturated heterocycles. The Morgan fingerprint density at radius 2 is 1.61 bits per heavy atom. The first kappa shape index (κ1) is 23.7. The average Bonchev–Trinajstić information content (AvgIpc) is 3.07. The van der Waals surface area contributed by atoms with Gasteiger partial charge in [0, 0.05) is 5.92 Å². The maximum absolute atomic E-state index is 12.5. The Morgan fingerprint density at radius 3 is 2.15 bits per heavy atom. The molecule has 0 unspecified atom stereocenters. The number of aliphatic carboxylic acids is 1. The van der Waals surface area contributed by atoms with Crippen molar-refractivity contribution >= 4 is 18.0 Å². The van der Waals surface area contributed by atoms with E-state index in [1.165, 1.54) is 0 Å². The molecule has 0 radical (unpaired) electrons. The minimum atomic E-state index is -4.77. The Balaban J connectivity index is 1.53. The zero-order chi connectivity index (χ0) is 24.0. The highest BCUT2D eigenvalue weighted by Gasteiger charge is 2.33. The maximum Gasteiger partial charge on any atom is 0.407 e. The zero-order valence-electron chi connectivity index (χ0n) is 17.2. The number of nitrogens with zero attached hydrogens (tertiary/aromatic N) is 1. The van der Waals surface area contributed by atoms with Crippen LogP contribution >= 0.6 is 0 Å². The smallest absolute Gasteiger partial charge is 0.407 e. The van der Waals surface area contributed by atoms with Crippen LogP contribution in [-0.4, -0.2) is 60.4 Å². The van der Waals surface area contributed by atoms with Gasteiger partial charge in [-0.25, -0.2) is 4.79 Å². The van der Waals surface area contributed by atoms with Gasteiger partial charge in [-0.15, -0.1) is 0 Å². The van der Waals surface area contributed by atoms with Crippen molar-refractivity contribution in [1.82, 2.24) is 10.2 Å². The molecule has 7 nitrogen and oxygen atoms in total. The number of alkyl carbamates (subject to hydrolysis) is 1. The third kappa shape index (κ3) is 6.26. The van der Waals surface area contributed by atoms with Crippen LogP contribution in [0.3, 0.4) is 0 Å². The fourth-order valence-corrected chi connectivity index (χ4v) is 3.54. The SMILES string of the molecule is O=C(O)CN(CC(F)(F)F)C(=O)C#CCNC(=O)OCC1c2ccccc2-c2ccccc21. The molecule has 0 spiro atoms. The zero-order valence-corrected chi connectivity index (χ0v) is 17.2. The van der Waals surface area contributed by atoms with Crippen LogP contribution in [0.2, 0.25) is 0 Å². The second kappa shape index (κ2) is 10.1. The van der Waals surface area contributed by atoms with Gasteiger partial charge in [0.25, 0.3) is 5.91 Å². The number of hydrogen-bond donors (Lipinski definition) is 2. The fraction of sp³-hybridized carbons (Fsp3) is 0.261. The van der Waals surface area contributed by atoms with Crippen LogP contribution in [0.1, 0.15) is 17.0 Å². The number of hydrogen-bond acceptors (Lipinski definition) is 4. The fourth-order valence-electron chi connectivity index (χ4n) is 3.54. The molecular weight excluding hydrogens is 441 g/mol. The number of carboxylic acids is 1. The van der Waals surface area contributed by atoms with Gasteiger partial charge in [-0.05, 0) is 28.2 Å². The van der Waals surface area contributed by atoms with Crippen LogP contribution in [0.15, 0.2) is 48.5 Å². The molecule has 2 aromatic rings. The lowest BCUT2D eigenvalue weighted by Crippen LogP contribution is -2.41. The van der Waals surface area contributed by atoms with Crippen LogP contribution in [0, 0.1) is 11.8 Å². The van der Waals surface area contributed by atoms with Crippen molar-refractivity contribution < 1.29 is 37.4 Å². The number of carboxylic acid groups (broad SMARTS) is 1. The summed E-state index contributed by atoms with van der Waals surface area (Å²) in [4.78, 5) is 34.5. The van der Waals surface area contributed by atoms with Crippen molar-refractivity contribution in [3.8, 4) is 23.0 Å². The Kier molecular flexibility index (Phi) is 7.23. The number of carbonyl (C=O) groups is 3. The molecule has 0 bridgehead atoms. The minimum Gasteiger partial charge on any atom is -0.480 e. The summed E-state index contributed by atoms with van der Waals surface area (Å²) in [6.45, 7) is -3.20. The second-order valence-corrected chi connectivity index (χ2v) is 7.15. The van der Waals surface area contributed by atoms with Gasteiger partial charge < -0.3 is 20.1 Å². The average molecular weight is 460 g/mol. The van der Waals surface area contributed by atoms with E-state index in [0.717, 1.165) is 22.3 Å². The lowest BCUT2D eigenvalue weighted by molar-refractivity contribution is -0.162. The van der Waals surface area contributed by atoms with Crippen molar-refractivity contribution in [1.29, 1.82) is 0 Å². The molecule has 0 fully saturated rings. The van der Waals surface area contributed by atoms with Crippen LogP contribution in [0.5, 0.6) is 0 Å². The van der Waals surface area contributed by atoms with Crippen LogP contribution in [0.25, 0.3) is 11.1 Å². The molecule has 172 valence electrons. The molecule has 2 N–H and O–H groups in total. The summed E-state index contributed by atoms with van der Waals surface area (Å²) >= 11 is 0. The first-order valence-corrected chi connectivity index (χ1v) is 9.81. The summed E-state index contributed by atoms with van der Waals surface area (Å²) in [6, 6.07) is 15.6. The van der Waals surface area contributed by atoms with Gasteiger partial charge in [-0.3, -0.25) is 9.59 Å². The summed E-state index contributed by atoms with van der Waals surface area (Å²) in [7, 11) is 0. The highest BCUT2D eigenvalue weighted by molar-refractivity contribution is 5.95. The summed E-state index contributed by atoms with van der Waals surface area (Å²) < 4.78 is 42.8. The molecule has 2 aromatic carbocycles. The Labute approximate surface area is 187 Å². The summed E-state index contributed by atoms with van der Waals surface area (Å²) in [5, 5.41) is 11.0. The standard InChI is InChI=1S/C23H19F3N2O5/c24-23(25,26)14-28(12-21(30)31)20(29)10-5-11-27-22(32)33-13-19-17-8-3-1-6-15(17)16-7-2-4-9-18(16)19/h1-4,6-9,19H,11-14H2,(H,27,32)(H,30,31). The van der Waals surface area contributed by atoms with E-state index in [-0.39, 0.29) is 24.0 Å². The lowest BCUT2D eigenvalue weighted by atomic mass is 9.98. The van der Waals surface area contributed by atoms with Crippen LogP contribution in [-0.2, 0) is 14.3 Å². The van der Waals surface area contributed by atoms with Crippen molar-refractivity contribution in [3.63, 3.8) is 0 Å². The van der Waals surface area contributed by atoms with Gasteiger partial charge in [0.1, 0.15) is 19.7 Å². The number of halogens is 3. The highest BCUT2D eigenvalue weighted by Crippen LogP contribution is 2.44. The molecule has 1 aliphatic carbocycles. The maximum atomic E-state index is 12.5. The number of fused-ring (bicyclic) bond motifs is 3. The Morgan fingerprint density at radius 1 is 1.03 bits per heavy atom. The molecule has 0 heterocycles. The van der Waals surface area contributed by atoms with Gasteiger partial charge in [0.2, 0.25) is 0 Å². The minimum absolute atomic E-state index is 0.0582. The molecule has 1 aliphatic rings. The van der Waals surface area contributed by atoms with E-state index in [1.807, 2.05) is 54.5 Å². The van der Waals surface area contributed by atoms with Crippen molar-refractivity contribution in [3.05, 3.63) is 59.7 Å². The van der Waals surface area contributed by atoms with Gasteiger partial charge >= 0.3 is 18.2 Å². The van der Waals surface area contributed by atoms with E-state index in [2.05, 4.69) is 11.2 Å². The van der Waals surface area contributed by atoms with E-state index in [4.69, 9.17) is 9.84 Å². The molecule has 10 heteroatoms. The first-order valence-electron chi connectivity index (χ1n) is 9.81. The largest absolute Gasteiger partial charge is 0.480 e. The third-order valence-corrected chi connectivity index (χ3v) is 4.84. The summed E-state index contributed by atoms with van der Waals surface area (Å²) in [6.07, 6.45) is -5.58. The summed E-state index contributed by atoms with van der Waals surface area (Å²) in [5.74, 6) is 1.02. The number of carbonyl (C=O) groups excluding carboxylic acids is 2. The molecule has 0 aliphatic heterocycles. The van der Waals surface area contributed by atoms with E-state index in [9.17, 15) is 27.6 Å². The number of alkyl halides is 3. The highest BCUT2D eigenvalue weighted by atomic mass is 19.4. The Bertz CT molecular complexity index is 1080. The first-order chi connectivity index (χ1) is 15.7. The van der Waals surface area contributed by atoms with Gasteiger partial charge in [-0.1, -0.05) is 54.5 Å². The van der Waals surface area contributed by atoms with Gasteiger partial charge in [0.05, 0.1) is 6.54 Å².